The Balaban J connectivity index is 1.39. The monoisotopic (exact) mass is 582 g/mol. The quantitative estimate of drug-likeness (QED) is 0.342. The average molecular weight is 583 g/mol. The molecule has 6 nitrogen and oxygen atoms in total. The van der Waals surface area contributed by atoms with Crippen molar-refractivity contribution in [1.82, 2.24) is 9.80 Å². The molecule has 2 aliphatic carbocycles. The Labute approximate surface area is 244 Å². The smallest absolute Gasteiger partial charge is 0.416 e. The van der Waals surface area contributed by atoms with Crippen molar-refractivity contribution in [3.63, 3.8) is 0 Å². The summed E-state index contributed by atoms with van der Waals surface area (Å²) in [5, 5.41) is 23.5. The van der Waals surface area contributed by atoms with Crippen LogP contribution in [0.4, 0.5) is 13.2 Å². The molecule has 1 spiro atoms. The zero-order valence-corrected chi connectivity index (χ0v) is 23.9. The van der Waals surface area contributed by atoms with Gasteiger partial charge in [0.1, 0.15) is 6.10 Å². The number of amides is 1. The largest absolute Gasteiger partial charge is 0.504 e. The molecule has 0 aromatic heterocycles. The van der Waals surface area contributed by atoms with Crippen LogP contribution in [0, 0.1) is 5.92 Å². The van der Waals surface area contributed by atoms with Gasteiger partial charge in [0.15, 0.2) is 11.5 Å². The molecule has 9 heteroatoms. The van der Waals surface area contributed by atoms with Crippen LogP contribution in [0.2, 0.25) is 0 Å². The molecule has 2 bridgehead atoms. The zero-order chi connectivity index (χ0) is 30.0. The SMILES string of the molecule is C=CCN1CC[C@]23c4c5ccc(O)c4O[C@H]2[C@H](N(CC(C)C)C(=O)C=Cc2cccc(C(F)(F)F)c2)CC[C@@]3(O)[C@H]1C5. The Morgan fingerprint density at radius 2 is 2.05 bits per heavy atom. The molecule has 6 rings (SSSR count). The molecule has 2 N–H and O–H groups in total. The topological polar surface area (TPSA) is 73.2 Å². The third-order valence-corrected chi connectivity index (χ3v) is 9.78. The first-order valence-electron chi connectivity index (χ1n) is 14.7. The number of benzene rings is 2. The van der Waals surface area contributed by atoms with Crippen molar-refractivity contribution < 1.29 is 32.9 Å². The van der Waals surface area contributed by atoms with Crippen molar-refractivity contribution >= 4 is 12.0 Å². The van der Waals surface area contributed by atoms with Crippen molar-refractivity contribution in [3.8, 4) is 11.5 Å². The summed E-state index contributed by atoms with van der Waals surface area (Å²) in [6.45, 7) is 9.71. The number of aromatic hydroxyl groups is 1. The van der Waals surface area contributed by atoms with Gasteiger partial charge < -0.3 is 19.8 Å². The van der Waals surface area contributed by atoms with Crippen LogP contribution in [0.3, 0.4) is 0 Å². The molecule has 2 aromatic carbocycles. The summed E-state index contributed by atoms with van der Waals surface area (Å²) in [7, 11) is 0. The lowest BCUT2D eigenvalue weighted by Crippen LogP contribution is -2.78. The number of hydrogen-bond donors (Lipinski definition) is 2. The Morgan fingerprint density at radius 3 is 2.76 bits per heavy atom. The zero-order valence-electron chi connectivity index (χ0n) is 23.9. The Morgan fingerprint density at radius 1 is 1.26 bits per heavy atom. The summed E-state index contributed by atoms with van der Waals surface area (Å²) >= 11 is 0. The highest BCUT2D eigenvalue weighted by Crippen LogP contribution is 2.65. The van der Waals surface area contributed by atoms with Crippen LogP contribution in [-0.4, -0.2) is 69.3 Å². The molecule has 2 fully saturated rings. The summed E-state index contributed by atoms with van der Waals surface area (Å²) in [4.78, 5) is 17.9. The maximum Gasteiger partial charge on any atom is 0.416 e. The number of carbonyl (C=O) groups is 1. The molecule has 224 valence electrons. The first-order valence-corrected chi connectivity index (χ1v) is 14.7. The summed E-state index contributed by atoms with van der Waals surface area (Å²) in [5.41, 5.74) is -0.513. The van der Waals surface area contributed by atoms with Crippen LogP contribution >= 0.6 is 0 Å². The number of rotatable bonds is 7. The van der Waals surface area contributed by atoms with E-state index in [1.165, 1.54) is 24.3 Å². The summed E-state index contributed by atoms with van der Waals surface area (Å²) in [5.74, 6) is 0.204. The number of likely N-dealkylation sites (tertiary alicyclic amines) is 1. The molecule has 1 amide bonds. The van der Waals surface area contributed by atoms with Crippen molar-refractivity contribution in [2.75, 3.05) is 19.6 Å². The van der Waals surface area contributed by atoms with Gasteiger partial charge >= 0.3 is 6.18 Å². The minimum atomic E-state index is -4.48. The predicted octanol–water partition coefficient (Wildman–Crippen LogP) is 5.32. The van der Waals surface area contributed by atoms with E-state index in [9.17, 15) is 28.2 Å². The van der Waals surface area contributed by atoms with Crippen LogP contribution < -0.4 is 4.74 Å². The second-order valence-corrected chi connectivity index (χ2v) is 12.6. The lowest BCUT2D eigenvalue weighted by atomic mass is 9.48. The highest BCUT2D eigenvalue weighted by molar-refractivity contribution is 5.92. The molecule has 0 unspecified atom stereocenters. The Hall–Kier alpha value is -3.30. The van der Waals surface area contributed by atoms with Gasteiger partial charge in [-0.25, -0.2) is 0 Å². The molecule has 5 atom stereocenters. The number of alkyl halides is 3. The maximum absolute atomic E-state index is 13.8. The van der Waals surface area contributed by atoms with E-state index in [-0.39, 0.29) is 29.2 Å². The van der Waals surface area contributed by atoms with E-state index in [0.29, 0.717) is 51.1 Å². The fraction of sp³-hybridized carbons (Fsp3) is 0.485. The fourth-order valence-corrected chi connectivity index (χ4v) is 8.17. The van der Waals surface area contributed by atoms with Crippen molar-refractivity contribution in [1.29, 1.82) is 0 Å². The number of halogens is 3. The van der Waals surface area contributed by atoms with E-state index in [1.54, 1.807) is 11.0 Å². The van der Waals surface area contributed by atoms with Crippen LogP contribution in [-0.2, 0) is 22.8 Å². The maximum atomic E-state index is 13.8. The van der Waals surface area contributed by atoms with Gasteiger partial charge in [-0.2, -0.15) is 13.2 Å². The molecule has 4 aliphatic rings. The van der Waals surface area contributed by atoms with E-state index < -0.39 is 34.9 Å². The molecule has 2 aromatic rings. The van der Waals surface area contributed by atoms with Gasteiger partial charge in [-0.1, -0.05) is 38.1 Å². The second-order valence-electron chi connectivity index (χ2n) is 12.6. The van der Waals surface area contributed by atoms with Crippen molar-refractivity contribution in [2.45, 2.75) is 74.9 Å². The minimum absolute atomic E-state index is 0.0248. The lowest BCUT2D eigenvalue weighted by molar-refractivity contribution is -0.199. The van der Waals surface area contributed by atoms with E-state index in [0.717, 1.165) is 23.3 Å². The Bertz CT molecular complexity index is 1440. The predicted molar refractivity (Wildman–Crippen MR) is 153 cm³/mol. The lowest BCUT2D eigenvalue weighted by Gasteiger charge is -2.64. The number of carbonyl (C=O) groups excluding carboxylic acids is 1. The Kier molecular flexibility index (Phi) is 6.97. The highest BCUT2D eigenvalue weighted by Gasteiger charge is 2.73. The van der Waals surface area contributed by atoms with Crippen LogP contribution in [0.5, 0.6) is 11.5 Å². The fourth-order valence-electron chi connectivity index (χ4n) is 8.17. The van der Waals surface area contributed by atoms with Gasteiger partial charge in [0, 0.05) is 30.8 Å². The third kappa shape index (κ3) is 4.27. The molecular weight excluding hydrogens is 545 g/mol. The number of ether oxygens (including phenoxy) is 1. The molecule has 0 radical (unpaired) electrons. The normalized spacial score (nSPS) is 29.8. The average Bonchev–Trinajstić information content (AvgIpc) is 3.29. The van der Waals surface area contributed by atoms with Gasteiger partial charge in [0.05, 0.1) is 22.6 Å². The van der Waals surface area contributed by atoms with Gasteiger partial charge in [-0.3, -0.25) is 9.69 Å². The van der Waals surface area contributed by atoms with E-state index in [4.69, 9.17) is 4.74 Å². The standard InChI is InChI=1S/C33H37F3N2O4/c1-4-15-37-16-14-31-28-22-9-10-25(39)29(28)42-30(31)24(12-13-32(31,41)26(37)18-22)38(19-20(2)3)27(40)11-8-21-6-5-7-23(17-21)33(34,35)36/h4-11,17,20,24,26,30,39,41H,1,12-16,18-19H2,2-3H3/t24-,26-,30+,31+,32-/m1/s1. The second kappa shape index (κ2) is 10.2. The molecule has 2 heterocycles. The number of phenolic OH excluding ortho intramolecular Hbond substituents is 1. The number of nitrogens with zero attached hydrogens (tertiary/aromatic N) is 2. The molecular formula is C33H37F3N2O4. The van der Waals surface area contributed by atoms with Gasteiger partial charge in [0.2, 0.25) is 5.91 Å². The van der Waals surface area contributed by atoms with E-state index in [1.807, 2.05) is 26.0 Å². The summed E-state index contributed by atoms with van der Waals surface area (Å²) < 4.78 is 46.4. The van der Waals surface area contributed by atoms with Crippen molar-refractivity contribution in [2.24, 2.45) is 5.92 Å². The third-order valence-electron chi connectivity index (χ3n) is 9.78. The van der Waals surface area contributed by atoms with E-state index in [2.05, 4.69) is 11.5 Å². The molecule has 2 aliphatic heterocycles. The van der Waals surface area contributed by atoms with Crippen LogP contribution in [0.1, 0.15) is 55.4 Å². The van der Waals surface area contributed by atoms with Crippen molar-refractivity contribution in [3.05, 3.63) is 77.4 Å². The number of piperidine rings is 1. The van der Waals surface area contributed by atoms with Gasteiger partial charge in [-0.15, -0.1) is 6.58 Å². The first-order chi connectivity index (χ1) is 19.9. The van der Waals surface area contributed by atoms with Gasteiger partial charge in [0.25, 0.3) is 0 Å². The highest BCUT2D eigenvalue weighted by atomic mass is 19.4. The summed E-state index contributed by atoms with van der Waals surface area (Å²) in [6.07, 6.45) is 1.70. The minimum Gasteiger partial charge on any atom is -0.504 e. The first kappa shape index (κ1) is 28.8. The number of aliphatic hydroxyl groups is 1. The number of phenols is 1. The number of hydrogen-bond acceptors (Lipinski definition) is 5. The van der Waals surface area contributed by atoms with Crippen LogP contribution in [0.15, 0.2) is 55.1 Å². The van der Waals surface area contributed by atoms with Gasteiger partial charge in [-0.05, 0) is 73.5 Å². The van der Waals surface area contributed by atoms with E-state index >= 15 is 0 Å². The summed E-state index contributed by atoms with van der Waals surface area (Å²) in [6, 6.07) is 7.88. The molecule has 42 heavy (non-hydrogen) atoms. The van der Waals surface area contributed by atoms with Crippen LogP contribution in [0.25, 0.3) is 6.08 Å². The molecule has 1 saturated carbocycles. The molecule has 1 saturated heterocycles.